The maximum atomic E-state index is 6.11. The molecule has 120 valence electrons. The van der Waals surface area contributed by atoms with Gasteiger partial charge in [0.25, 0.3) is 0 Å². The van der Waals surface area contributed by atoms with Crippen molar-refractivity contribution in [3.05, 3.63) is 46.5 Å². The highest BCUT2D eigenvalue weighted by molar-refractivity contribution is 6.30. The minimum atomic E-state index is 0.515. The number of hydrogen-bond acceptors (Lipinski definition) is 5. The van der Waals surface area contributed by atoms with Crippen LogP contribution in [0.5, 0.6) is 0 Å². The molecule has 4 rings (SSSR count). The highest BCUT2D eigenvalue weighted by atomic mass is 35.5. The van der Waals surface area contributed by atoms with Crippen molar-refractivity contribution in [2.75, 3.05) is 7.05 Å². The number of imidazole rings is 1. The molecule has 1 saturated carbocycles. The second-order valence-electron chi connectivity index (χ2n) is 6.21. The Kier molecular flexibility index (Phi) is 3.58. The van der Waals surface area contributed by atoms with Gasteiger partial charge in [0.05, 0.1) is 23.0 Å². The lowest BCUT2D eigenvalue weighted by molar-refractivity contribution is 0.257. The van der Waals surface area contributed by atoms with Crippen LogP contribution >= 0.6 is 11.6 Å². The zero-order valence-corrected chi connectivity index (χ0v) is 13.9. The van der Waals surface area contributed by atoms with Gasteiger partial charge >= 0.3 is 0 Å². The fourth-order valence-electron chi connectivity index (χ4n) is 2.76. The van der Waals surface area contributed by atoms with Gasteiger partial charge in [-0.3, -0.25) is 4.90 Å². The van der Waals surface area contributed by atoms with Crippen molar-refractivity contribution in [1.82, 2.24) is 24.4 Å². The minimum absolute atomic E-state index is 0.515. The molecule has 23 heavy (non-hydrogen) atoms. The summed E-state index contributed by atoms with van der Waals surface area (Å²) in [7, 11) is 2.03. The highest BCUT2D eigenvalue weighted by Crippen LogP contribution is 2.38. The number of halogens is 1. The summed E-state index contributed by atoms with van der Waals surface area (Å²) in [6.07, 6.45) is 4.26. The summed E-state index contributed by atoms with van der Waals surface area (Å²) in [4.78, 5) is 11.2. The van der Waals surface area contributed by atoms with Crippen LogP contribution in [0.3, 0.4) is 0 Å². The third kappa shape index (κ3) is 2.96. The maximum Gasteiger partial charge on any atom is 0.240 e. The molecule has 0 aliphatic heterocycles. The number of aryl methyl sites for hydroxylation is 1. The monoisotopic (exact) mass is 331 g/mol. The van der Waals surface area contributed by atoms with Crippen molar-refractivity contribution in [2.24, 2.45) is 0 Å². The van der Waals surface area contributed by atoms with Crippen LogP contribution in [-0.2, 0) is 13.1 Å². The van der Waals surface area contributed by atoms with Crippen molar-refractivity contribution in [2.45, 2.75) is 38.8 Å². The Labute approximate surface area is 139 Å². The van der Waals surface area contributed by atoms with Crippen LogP contribution in [0.25, 0.3) is 5.65 Å². The van der Waals surface area contributed by atoms with Crippen LogP contribution in [0.15, 0.2) is 22.9 Å². The Balaban J connectivity index is 1.52. The molecule has 1 fully saturated rings. The molecular weight excluding hydrogens is 314 g/mol. The van der Waals surface area contributed by atoms with Crippen molar-refractivity contribution < 1.29 is 4.52 Å². The van der Waals surface area contributed by atoms with Gasteiger partial charge in [-0.15, -0.1) is 0 Å². The summed E-state index contributed by atoms with van der Waals surface area (Å²) >= 11 is 6.11. The molecule has 3 heterocycles. The molecule has 3 aromatic rings. The summed E-state index contributed by atoms with van der Waals surface area (Å²) in [6, 6.07) is 3.79. The molecule has 0 spiro atoms. The Morgan fingerprint density at radius 2 is 2.13 bits per heavy atom. The lowest BCUT2D eigenvalue weighted by Gasteiger charge is -2.14. The second-order valence-corrected chi connectivity index (χ2v) is 6.65. The van der Waals surface area contributed by atoms with E-state index in [9.17, 15) is 0 Å². The van der Waals surface area contributed by atoms with Crippen LogP contribution in [0.4, 0.5) is 0 Å². The average molecular weight is 332 g/mol. The predicted octanol–water partition coefficient (Wildman–Crippen LogP) is 3.19. The SMILES string of the molecule is Cc1nc2ccc(Cl)cn2c1CN(C)Cc1nc(C2CC2)no1. The fraction of sp³-hybridized carbons (Fsp3) is 0.438. The third-order valence-corrected chi connectivity index (χ3v) is 4.36. The van der Waals surface area contributed by atoms with E-state index in [4.69, 9.17) is 16.1 Å². The summed E-state index contributed by atoms with van der Waals surface area (Å²) in [5, 5.41) is 4.76. The number of hydrogen-bond donors (Lipinski definition) is 0. The van der Waals surface area contributed by atoms with Gasteiger partial charge in [0.2, 0.25) is 5.89 Å². The smallest absolute Gasteiger partial charge is 0.240 e. The molecule has 0 aromatic carbocycles. The topological polar surface area (TPSA) is 59.5 Å². The van der Waals surface area contributed by atoms with E-state index in [0.29, 0.717) is 23.4 Å². The Morgan fingerprint density at radius 1 is 1.30 bits per heavy atom. The van der Waals surface area contributed by atoms with Crippen LogP contribution in [0, 0.1) is 6.92 Å². The Hall–Kier alpha value is -1.92. The van der Waals surface area contributed by atoms with Crippen molar-refractivity contribution in [1.29, 1.82) is 0 Å². The Bertz CT molecular complexity index is 851. The number of rotatable bonds is 5. The van der Waals surface area contributed by atoms with Gasteiger partial charge in [-0.05, 0) is 38.9 Å². The van der Waals surface area contributed by atoms with Crippen LogP contribution in [0.1, 0.15) is 41.9 Å². The van der Waals surface area contributed by atoms with E-state index in [1.54, 1.807) is 0 Å². The standard InChI is InChI=1S/C16H18ClN5O/c1-10-13(22-7-12(17)5-6-14(22)18-10)8-21(2)9-15-19-16(20-23-15)11-3-4-11/h5-7,11H,3-4,8-9H2,1-2H3. The number of nitrogens with zero attached hydrogens (tertiary/aromatic N) is 5. The third-order valence-electron chi connectivity index (χ3n) is 4.13. The molecule has 3 aromatic heterocycles. The molecule has 0 saturated heterocycles. The summed E-state index contributed by atoms with van der Waals surface area (Å²) in [6.45, 7) is 3.36. The van der Waals surface area contributed by atoms with Crippen LogP contribution < -0.4 is 0 Å². The van der Waals surface area contributed by atoms with Crippen molar-refractivity contribution in [3.8, 4) is 0 Å². The fourth-order valence-corrected chi connectivity index (χ4v) is 2.92. The Morgan fingerprint density at radius 3 is 2.91 bits per heavy atom. The van der Waals surface area contributed by atoms with E-state index in [2.05, 4.69) is 20.0 Å². The maximum absolute atomic E-state index is 6.11. The van der Waals surface area contributed by atoms with E-state index in [1.165, 1.54) is 12.8 Å². The van der Waals surface area contributed by atoms with Gasteiger partial charge in [-0.2, -0.15) is 4.98 Å². The summed E-state index contributed by atoms with van der Waals surface area (Å²) in [5.41, 5.74) is 3.03. The predicted molar refractivity (Wildman–Crippen MR) is 86.4 cm³/mol. The molecule has 0 N–H and O–H groups in total. The largest absolute Gasteiger partial charge is 0.338 e. The molecule has 0 bridgehead atoms. The lowest BCUT2D eigenvalue weighted by Crippen LogP contribution is -2.19. The van der Waals surface area contributed by atoms with E-state index in [1.807, 2.05) is 36.7 Å². The summed E-state index contributed by atoms with van der Waals surface area (Å²) in [5.74, 6) is 2.03. The first-order valence-corrected chi connectivity index (χ1v) is 8.12. The molecule has 0 amide bonds. The molecule has 0 atom stereocenters. The van der Waals surface area contributed by atoms with Gasteiger partial charge in [-0.1, -0.05) is 16.8 Å². The van der Waals surface area contributed by atoms with E-state index in [0.717, 1.165) is 29.4 Å². The molecule has 0 unspecified atom stereocenters. The van der Waals surface area contributed by atoms with Crippen molar-refractivity contribution in [3.63, 3.8) is 0 Å². The quantitative estimate of drug-likeness (QED) is 0.718. The molecule has 6 nitrogen and oxygen atoms in total. The zero-order valence-electron chi connectivity index (χ0n) is 13.2. The van der Waals surface area contributed by atoms with Crippen LogP contribution in [0.2, 0.25) is 5.02 Å². The normalized spacial score (nSPS) is 15.0. The minimum Gasteiger partial charge on any atom is -0.338 e. The number of pyridine rings is 1. The summed E-state index contributed by atoms with van der Waals surface area (Å²) < 4.78 is 7.39. The second kappa shape index (κ2) is 5.62. The molecular formula is C16H18ClN5O. The van der Waals surface area contributed by atoms with E-state index < -0.39 is 0 Å². The lowest BCUT2D eigenvalue weighted by atomic mass is 10.3. The van der Waals surface area contributed by atoms with Crippen molar-refractivity contribution >= 4 is 17.2 Å². The highest BCUT2D eigenvalue weighted by Gasteiger charge is 2.28. The van der Waals surface area contributed by atoms with Crippen LogP contribution in [-0.4, -0.2) is 31.5 Å². The first-order valence-electron chi connectivity index (χ1n) is 7.74. The van der Waals surface area contributed by atoms with Gasteiger partial charge in [0, 0.05) is 18.7 Å². The van der Waals surface area contributed by atoms with Gasteiger partial charge in [0.1, 0.15) is 5.65 Å². The number of aromatic nitrogens is 4. The van der Waals surface area contributed by atoms with Gasteiger partial charge < -0.3 is 8.92 Å². The molecule has 1 aliphatic carbocycles. The number of fused-ring (bicyclic) bond motifs is 1. The van der Waals surface area contributed by atoms with Gasteiger partial charge in [-0.25, -0.2) is 4.98 Å². The molecule has 7 heteroatoms. The van der Waals surface area contributed by atoms with E-state index in [-0.39, 0.29) is 0 Å². The average Bonchev–Trinajstić information content (AvgIpc) is 3.19. The van der Waals surface area contributed by atoms with Gasteiger partial charge in [0.15, 0.2) is 5.82 Å². The zero-order chi connectivity index (χ0) is 16.0. The first-order chi connectivity index (χ1) is 11.1. The van der Waals surface area contributed by atoms with E-state index >= 15 is 0 Å². The first kappa shape index (κ1) is 14.7. The molecule has 0 radical (unpaired) electrons. The molecule has 1 aliphatic rings.